The van der Waals surface area contributed by atoms with Gasteiger partial charge >= 0.3 is 5.97 Å². The maximum absolute atomic E-state index is 13.0. The fourth-order valence-electron chi connectivity index (χ4n) is 3.97. The summed E-state index contributed by atoms with van der Waals surface area (Å²) in [5, 5.41) is 9.97. The van der Waals surface area contributed by atoms with E-state index in [0.717, 1.165) is 36.9 Å². The zero-order valence-electron chi connectivity index (χ0n) is 16.7. The van der Waals surface area contributed by atoms with Crippen molar-refractivity contribution in [3.63, 3.8) is 0 Å². The van der Waals surface area contributed by atoms with Gasteiger partial charge in [0.05, 0.1) is 13.7 Å². The van der Waals surface area contributed by atoms with E-state index in [1.807, 2.05) is 13.8 Å². The molecule has 0 amide bonds. The summed E-state index contributed by atoms with van der Waals surface area (Å²) in [5.41, 5.74) is 2.77. The number of methoxy groups -OCH3 is 1. The van der Waals surface area contributed by atoms with Gasteiger partial charge in [-0.3, -0.25) is 14.6 Å². The number of unbranched alkanes of at least 4 members (excludes halogenated alkanes) is 1. The maximum Gasteiger partial charge on any atom is 0.315 e. The van der Waals surface area contributed by atoms with Crippen molar-refractivity contribution in [2.45, 2.75) is 51.9 Å². The molecule has 2 atom stereocenters. The van der Waals surface area contributed by atoms with Gasteiger partial charge in [-0.1, -0.05) is 19.4 Å². The van der Waals surface area contributed by atoms with Gasteiger partial charge in [0.2, 0.25) is 0 Å². The molecule has 1 aliphatic carbocycles. The number of allylic oxidation sites excluding steroid dienone is 2. The number of phenolic OH excluding ortho intramolecular Hbond substituents is 1. The van der Waals surface area contributed by atoms with Crippen LogP contribution < -0.4 is 4.74 Å². The van der Waals surface area contributed by atoms with Crippen molar-refractivity contribution >= 4 is 17.5 Å². The number of carbonyl (C=O) groups excluding carboxylic acids is 2. The predicted molar refractivity (Wildman–Crippen MR) is 106 cm³/mol. The summed E-state index contributed by atoms with van der Waals surface area (Å²) in [7, 11) is 1.47. The number of carbonyl (C=O) groups is 2. The van der Waals surface area contributed by atoms with E-state index in [-0.39, 0.29) is 17.5 Å². The highest BCUT2D eigenvalue weighted by molar-refractivity contribution is 6.08. The standard InChI is InChI=1S/C22H27NO5/c1-4-5-11-28-22(26)19-13(2)23-15-7-6-8-17(25)21(15)20(19)14-9-10-16(24)18(12-14)27-3/h9-10,12,19-20,24H,4-8,11H2,1-3H3/t19?,20-/m1/s1. The number of nitrogens with zero attached hydrogens (tertiary/aromatic N) is 1. The Hall–Kier alpha value is -2.63. The number of Topliss-reactive ketones (excluding diaryl/α,β-unsaturated/α-hetero) is 1. The van der Waals surface area contributed by atoms with Crippen LogP contribution in [-0.2, 0) is 14.3 Å². The van der Waals surface area contributed by atoms with Crippen LogP contribution in [0.3, 0.4) is 0 Å². The minimum absolute atomic E-state index is 0.0127. The number of benzene rings is 1. The van der Waals surface area contributed by atoms with Crippen LogP contribution in [0, 0.1) is 5.92 Å². The highest BCUT2D eigenvalue weighted by Gasteiger charge is 2.43. The van der Waals surface area contributed by atoms with Gasteiger partial charge < -0.3 is 14.6 Å². The fourth-order valence-corrected chi connectivity index (χ4v) is 3.97. The zero-order valence-corrected chi connectivity index (χ0v) is 16.7. The molecule has 1 N–H and O–H groups in total. The molecular weight excluding hydrogens is 358 g/mol. The molecule has 3 rings (SSSR count). The van der Waals surface area contributed by atoms with Crippen molar-refractivity contribution in [2.75, 3.05) is 13.7 Å². The van der Waals surface area contributed by atoms with Gasteiger partial charge in [-0.05, 0) is 43.9 Å². The molecule has 6 nitrogen and oxygen atoms in total. The highest BCUT2D eigenvalue weighted by Crippen LogP contribution is 2.45. The SMILES string of the molecule is CCCCOC(=O)C1C(C)=NC2=C(C(=O)CCC2)[C@@H]1c1ccc(O)c(OC)c1. The van der Waals surface area contributed by atoms with E-state index in [1.165, 1.54) is 13.2 Å². The smallest absolute Gasteiger partial charge is 0.315 e. The molecule has 28 heavy (non-hydrogen) atoms. The summed E-state index contributed by atoms with van der Waals surface area (Å²) >= 11 is 0. The Morgan fingerprint density at radius 3 is 2.82 bits per heavy atom. The van der Waals surface area contributed by atoms with Crippen LogP contribution in [0.15, 0.2) is 34.5 Å². The Bertz CT molecular complexity index is 839. The highest BCUT2D eigenvalue weighted by atomic mass is 16.5. The average molecular weight is 385 g/mol. The lowest BCUT2D eigenvalue weighted by Gasteiger charge is -2.34. The first-order valence-corrected chi connectivity index (χ1v) is 9.82. The number of rotatable bonds is 6. The number of phenols is 1. The molecule has 0 fully saturated rings. The molecule has 0 spiro atoms. The Kier molecular flexibility index (Phi) is 6.17. The molecule has 0 saturated carbocycles. The van der Waals surface area contributed by atoms with Crippen molar-refractivity contribution in [1.29, 1.82) is 0 Å². The maximum atomic E-state index is 13.0. The van der Waals surface area contributed by atoms with Gasteiger partial charge in [0.25, 0.3) is 0 Å². The van der Waals surface area contributed by atoms with Crippen LogP contribution >= 0.6 is 0 Å². The largest absolute Gasteiger partial charge is 0.504 e. The Morgan fingerprint density at radius 2 is 2.11 bits per heavy atom. The average Bonchev–Trinajstić information content (AvgIpc) is 2.67. The Morgan fingerprint density at radius 1 is 1.32 bits per heavy atom. The Labute approximate surface area is 165 Å². The molecule has 0 saturated heterocycles. The van der Waals surface area contributed by atoms with Crippen LogP contribution in [0.5, 0.6) is 11.5 Å². The number of aliphatic imine (C=N–C) groups is 1. The first kappa shape index (κ1) is 20.1. The van der Waals surface area contributed by atoms with Gasteiger partial charge in [-0.2, -0.15) is 0 Å². The predicted octanol–water partition coefficient (Wildman–Crippen LogP) is 3.93. The molecule has 1 unspecified atom stereocenters. The van der Waals surface area contributed by atoms with E-state index in [9.17, 15) is 14.7 Å². The minimum Gasteiger partial charge on any atom is -0.504 e. The molecule has 1 aromatic carbocycles. The minimum atomic E-state index is -0.660. The molecule has 0 radical (unpaired) electrons. The van der Waals surface area contributed by atoms with Gasteiger partial charge in [0, 0.05) is 29.3 Å². The lowest BCUT2D eigenvalue weighted by Crippen LogP contribution is -2.37. The van der Waals surface area contributed by atoms with Gasteiger partial charge in [-0.15, -0.1) is 0 Å². The molecule has 150 valence electrons. The summed E-state index contributed by atoms with van der Waals surface area (Å²) in [5.74, 6) is -1.16. The van der Waals surface area contributed by atoms with Gasteiger partial charge in [0.15, 0.2) is 17.3 Å². The number of ketones is 1. The molecule has 0 bridgehead atoms. The first-order chi connectivity index (χ1) is 13.5. The molecule has 1 aliphatic heterocycles. The third kappa shape index (κ3) is 3.81. The van der Waals surface area contributed by atoms with E-state index < -0.39 is 11.8 Å². The van der Waals surface area contributed by atoms with Crippen LogP contribution in [0.4, 0.5) is 0 Å². The lowest BCUT2D eigenvalue weighted by atomic mass is 9.71. The topological polar surface area (TPSA) is 85.2 Å². The quantitative estimate of drug-likeness (QED) is 0.592. The van der Waals surface area contributed by atoms with Crippen LogP contribution in [-0.4, -0.2) is 36.3 Å². The van der Waals surface area contributed by atoms with E-state index in [1.54, 1.807) is 12.1 Å². The summed E-state index contributed by atoms with van der Waals surface area (Å²) in [6.45, 7) is 4.20. The number of esters is 1. The molecule has 1 aromatic rings. The molecule has 1 heterocycles. The summed E-state index contributed by atoms with van der Waals surface area (Å²) in [6.07, 6.45) is 3.67. The number of hydrogen-bond acceptors (Lipinski definition) is 6. The zero-order chi connectivity index (χ0) is 20.3. The van der Waals surface area contributed by atoms with Crippen LogP contribution in [0.1, 0.15) is 57.4 Å². The second-order valence-electron chi connectivity index (χ2n) is 7.30. The second kappa shape index (κ2) is 8.59. The Balaban J connectivity index is 2.07. The first-order valence-electron chi connectivity index (χ1n) is 9.82. The fraction of sp³-hybridized carbons (Fsp3) is 0.500. The summed E-state index contributed by atoms with van der Waals surface area (Å²) in [6, 6.07) is 4.96. The summed E-state index contributed by atoms with van der Waals surface area (Å²) in [4.78, 5) is 30.4. The lowest BCUT2D eigenvalue weighted by molar-refractivity contribution is -0.146. The van der Waals surface area contributed by atoms with Crippen molar-refractivity contribution < 1.29 is 24.2 Å². The van der Waals surface area contributed by atoms with E-state index in [2.05, 4.69) is 4.99 Å². The molecule has 0 aromatic heterocycles. The molecular formula is C22H27NO5. The van der Waals surface area contributed by atoms with E-state index >= 15 is 0 Å². The molecule has 2 aliphatic rings. The van der Waals surface area contributed by atoms with E-state index in [4.69, 9.17) is 9.47 Å². The third-order valence-electron chi connectivity index (χ3n) is 5.39. The van der Waals surface area contributed by atoms with Gasteiger partial charge in [-0.25, -0.2) is 0 Å². The van der Waals surface area contributed by atoms with E-state index in [0.29, 0.717) is 30.1 Å². The number of ether oxygens (including phenoxy) is 2. The van der Waals surface area contributed by atoms with Gasteiger partial charge in [0.1, 0.15) is 5.92 Å². The van der Waals surface area contributed by atoms with Crippen molar-refractivity contribution in [3.8, 4) is 11.5 Å². The number of hydrogen-bond donors (Lipinski definition) is 1. The third-order valence-corrected chi connectivity index (χ3v) is 5.39. The van der Waals surface area contributed by atoms with Crippen LogP contribution in [0.2, 0.25) is 0 Å². The monoisotopic (exact) mass is 385 g/mol. The second-order valence-corrected chi connectivity index (χ2v) is 7.30. The molecule has 6 heteroatoms. The summed E-state index contributed by atoms with van der Waals surface area (Å²) < 4.78 is 10.7. The normalized spacial score (nSPS) is 21.8. The number of aromatic hydroxyl groups is 1. The van der Waals surface area contributed by atoms with Crippen molar-refractivity contribution in [1.82, 2.24) is 0 Å². The van der Waals surface area contributed by atoms with Crippen molar-refractivity contribution in [3.05, 3.63) is 35.0 Å². The van der Waals surface area contributed by atoms with Crippen molar-refractivity contribution in [2.24, 2.45) is 10.9 Å². The van der Waals surface area contributed by atoms with Crippen LogP contribution in [0.25, 0.3) is 0 Å².